The summed E-state index contributed by atoms with van der Waals surface area (Å²) in [5.74, 6) is 0.841. The molecule has 0 saturated heterocycles. The molecule has 0 atom stereocenters. The molecule has 1 aromatic carbocycles. The Hall–Kier alpha value is -0.870. The van der Waals surface area contributed by atoms with Crippen LogP contribution in [0.2, 0.25) is 0 Å². The molecule has 28 heavy (non-hydrogen) atoms. The molecule has 0 bridgehead atoms. The molecule has 6 nitrogen and oxygen atoms in total. The van der Waals surface area contributed by atoms with E-state index in [1.807, 2.05) is 12.1 Å². The number of halogens is 1. The smallest absolute Gasteiger partial charge is 0.191 e. The minimum atomic E-state index is -3.13. The highest BCUT2D eigenvalue weighted by molar-refractivity contribution is 14.0. The number of rotatable bonds is 12. The van der Waals surface area contributed by atoms with Crippen molar-refractivity contribution in [2.75, 3.05) is 45.5 Å². The fraction of sp³-hybridized carbons (Fsp3) is 0.650. The minimum absolute atomic E-state index is 0. The summed E-state index contributed by atoms with van der Waals surface area (Å²) < 4.78 is 23.0. The summed E-state index contributed by atoms with van der Waals surface area (Å²) >= 11 is 0. The topological polar surface area (TPSA) is 73.8 Å². The first-order valence-corrected chi connectivity index (χ1v) is 11.8. The molecule has 2 N–H and O–H groups in total. The van der Waals surface area contributed by atoms with Gasteiger partial charge in [0.2, 0.25) is 0 Å². The van der Waals surface area contributed by atoms with Crippen LogP contribution in [0.4, 0.5) is 0 Å². The van der Waals surface area contributed by atoms with E-state index in [9.17, 15) is 8.42 Å². The average Bonchev–Trinajstić information content (AvgIpc) is 2.64. The predicted molar refractivity (Wildman–Crippen MR) is 130 cm³/mol. The van der Waals surface area contributed by atoms with E-state index < -0.39 is 9.84 Å². The van der Waals surface area contributed by atoms with Crippen LogP contribution in [0.1, 0.15) is 39.2 Å². The molecule has 0 amide bonds. The van der Waals surface area contributed by atoms with Crippen LogP contribution in [0.15, 0.2) is 34.2 Å². The van der Waals surface area contributed by atoms with Crippen LogP contribution < -0.4 is 10.6 Å². The van der Waals surface area contributed by atoms with E-state index >= 15 is 0 Å². The van der Waals surface area contributed by atoms with Gasteiger partial charge in [0, 0.05) is 25.9 Å². The van der Waals surface area contributed by atoms with Gasteiger partial charge in [0.25, 0.3) is 0 Å². The van der Waals surface area contributed by atoms with Crippen molar-refractivity contribution in [3.05, 3.63) is 29.8 Å². The van der Waals surface area contributed by atoms with Gasteiger partial charge in [-0.2, -0.15) is 0 Å². The van der Waals surface area contributed by atoms with E-state index in [0.29, 0.717) is 4.90 Å². The first-order valence-electron chi connectivity index (χ1n) is 9.94. The summed E-state index contributed by atoms with van der Waals surface area (Å²) in [4.78, 5) is 7.43. The van der Waals surface area contributed by atoms with Crippen molar-refractivity contribution in [2.24, 2.45) is 4.99 Å². The predicted octanol–water partition coefficient (Wildman–Crippen LogP) is 2.93. The lowest BCUT2D eigenvalue weighted by Gasteiger charge is -2.17. The third-order valence-electron chi connectivity index (χ3n) is 4.45. The molecule has 1 rings (SSSR count). The third kappa shape index (κ3) is 11.2. The largest absolute Gasteiger partial charge is 0.357 e. The van der Waals surface area contributed by atoms with E-state index in [-0.39, 0.29) is 24.0 Å². The maximum Gasteiger partial charge on any atom is 0.191 e. The number of nitrogens with zero attached hydrogens (tertiary/aromatic N) is 2. The van der Waals surface area contributed by atoms with Gasteiger partial charge in [0.15, 0.2) is 15.8 Å². The molecule has 0 aliphatic carbocycles. The van der Waals surface area contributed by atoms with E-state index in [1.165, 1.54) is 6.26 Å². The first kappa shape index (κ1) is 27.1. The second kappa shape index (κ2) is 15.0. The lowest BCUT2D eigenvalue weighted by Crippen LogP contribution is -2.38. The highest BCUT2D eigenvalue weighted by Crippen LogP contribution is 2.10. The number of guanidine groups is 1. The molecule has 0 unspecified atom stereocenters. The SMILES string of the molecule is CCNC(=NCCCCN(CC)CC)NCCc1ccc(S(C)(=O)=O)cc1.I. The van der Waals surface area contributed by atoms with Crippen molar-refractivity contribution < 1.29 is 8.42 Å². The van der Waals surface area contributed by atoms with Gasteiger partial charge < -0.3 is 15.5 Å². The Bertz CT molecular complexity index is 659. The van der Waals surface area contributed by atoms with E-state index in [4.69, 9.17) is 0 Å². The molecule has 0 aromatic heterocycles. The van der Waals surface area contributed by atoms with Crippen molar-refractivity contribution >= 4 is 39.8 Å². The Morgan fingerprint density at radius 2 is 1.68 bits per heavy atom. The Morgan fingerprint density at radius 3 is 2.21 bits per heavy atom. The van der Waals surface area contributed by atoms with Crippen molar-refractivity contribution in [3.8, 4) is 0 Å². The molecule has 162 valence electrons. The van der Waals surface area contributed by atoms with E-state index in [0.717, 1.165) is 70.1 Å². The molecule has 0 aliphatic heterocycles. The van der Waals surface area contributed by atoms with Crippen LogP contribution in [0.3, 0.4) is 0 Å². The molecule has 0 aliphatic rings. The zero-order chi connectivity index (χ0) is 20.1. The van der Waals surface area contributed by atoms with Crippen LogP contribution in [-0.4, -0.2) is 64.8 Å². The number of hydrogen-bond donors (Lipinski definition) is 2. The second-order valence-electron chi connectivity index (χ2n) is 6.59. The maximum atomic E-state index is 11.5. The first-order chi connectivity index (χ1) is 12.9. The minimum Gasteiger partial charge on any atom is -0.357 e. The summed E-state index contributed by atoms with van der Waals surface area (Å²) in [6.45, 7) is 12.2. The molecule has 0 fully saturated rings. The van der Waals surface area contributed by atoms with Gasteiger partial charge in [-0.1, -0.05) is 26.0 Å². The Kier molecular flexibility index (Phi) is 14.6. The highest BCUT2D eigenvalue weighted by atomic mass is 127. The highest BCUT2D eigenvalue weighted by Gasteiger charge is 2.06. The molecule has 0 heterocycles. The summed E-state index contributed by atoms with van der Waals surface area (Å²) in [5.41, 5.74) is 1.10. The number of unbranched alkanes of at least 4 members (excludes halogenated alkanes) is 1. The molecule has 0 spiro atoms. The third-order valence-corrected chi connectivity index (χ3v) is 5.58. The second-order valence-corrected chi connectivity index (χ2v) is 8.60. The molecule has 8 heteroatoms. The number of hydrogen-bond acceptors (Lipinski definition) is 4. The fourth-order valence-electron chi connectivity index (χ4n) is 2.75. The van der Waals surface area contributed by atoms with Crippen molar-refractivity contribution in [3.63, 3.8) is 0 Å². The number of sulfone groups is 1. The summed E-state index contributed by atoms with van der Waals surface area (Å²) in [5, 5.41) is 6.62. The molecule has 1 aromatic rings. The standard InChI is InChI=1S/C20H36N4O2S.HI/c1-5-21-20(22-15-8-9-17-24(6-2)7-3)23-16-14-18-10-12-19(13-11-18)27(4,25)26;/h10-13H,5-9,14-17H2,1-4H3,(H2,21,22,23);1H. The average molecular weight is 525 g/mol. The number of nitrogens with one attached hydrogen (secondary N) is 2. The molecule has 0 radical (unpaired) electrons. The molecular formula is C20H37IN4O2S. The van der Waals surface area contributed by atoms with Crippen molar-refractivity contribution in [2.45, 2.75) is 44.9 Å². The lowest BCUT2D eigenvalue weighted by atomic mass is 10.1. The van der Waals surface area contributed by atoms with Gasteiger partial charge in [-0.05, 0) is 63.5 Å². The van der Waals surface area contributed by atoms with Gasteiger partial charge in [-0.3, -0.25) is 4.99 Å². The van der Waals surface area contributed by atoms with Crippen LogP contribution in [0.25, 0.3) is 0 Å². The van der Waals surface area contributed by atoms with Gasteiger partial charge in [-0.25, -0.2) is 8.42 Å². The maximum absolute atomic E-state index is 11.5. The van der Waals surface area contributed by atoms with Crippen LogP contribution in [0, 0.1) is 0 Å². The van der Waals surface area contributed by atoms with Crippen molar-refractivity contribution in [1.29, 1.82) is 0 Å². The quantitative estimate of drug-likeness (QED) is 0.191. The van der Waals surface area contributed by atoms with Crippen LogP contribution in [0.5, 0.6) is 0 Å². The van der Waals surface area contributed by atoms with Gasteiger partial charge in [0.1, 0.15) is 0 Å². The normalized spacial score (nSPS) is 12.0. The van der Waals surface area contributed by atoms with E-state index in [1.54, 1.807) is 12.1 Å². The van der Waals surface area contributed by atoms with Crippen LogP contribution in [-0.2, 0) is 16.3 Å². The fourth-order valence-corrected chi connectivity index (χ4v) is 3.38. The lowest BCUT2D eigenvalue weighted by molar-refractivity contribution is 0.297. The Morgan fingerprint density at radius 1 is 1.04 bits per heavy atom. The number of benzene rings is 1. The summed E-state index contributed by atoms with van der Waals surface area (Å²) in [6, 6.07) is 7.07. The Balaban J connectivity index is 0.00000729. The van der Waals surface area contributed by atoms with Gasteiger partial charge >= 0.3 is 0 Å². The van der Waals surface area contributed by atoms with Gasteiger partial charge in [-0.15, -0.1) is 24.0 Å². The van der Waals surface area contributed by atoms with E-state index in [2.05, 4.69) is 41.3 Å². The summed E-state index contributed by atoms with van der Waals surface area (Å²) in [6.07, 6.45) is 4.29. The molecule has 0 saturated carbocycles. The monoisotopic (exact) mass is 524 g/mol. The zero-order valence-electron chi connectivity index (χ0n) is 17.7. The Labute approximate surface area is 188 Å². The summed E-state index contributed by atoms with van der Waals surface area (Å²) in [7, 11) is -3.13. The van der Waals surface area contributed by atoms with Gasteiger partial charge in [0.05, 0.1) is 4.90 Å². The van der Waals surface area contributed by atoms with Crippen LogP contribution >= 0.6 is 24.0 Å². The zero-order valence-corrected chi connectivity index (χ0v) is 20.8. The van der Waals surface area contributed by atoms with Crippen molar-refractivity contribution in [1.82, 2.24) is 15.5 Å². The number of aliphatic imine (C=N–C) groups is 1. The molecular weight excluding hydrogens is 487 g/mol.